The SMILES string of the molecule is COC[C@@H]1CN(C(=O)C2CNC2)CC12CCC2. The number of hydrogen-bond donors (Lipinski definition) is 1. The van der Waals surface area contributed by atoms with Gasteiger partial charge in [-0.2, -0.15) is 0 Å². The molecule has 2 saturated heterocycles. The van der Waals surface area contributed by atoms with Crippen molar-refractivity contribution in [3.05, 3.63) is 0 Å². The van der Waals surface area contributed by atoms with Crippen LogP contribution in [0.5, 0.6) is 0 Å². The topological polar surface area (TPSA) is 41.6 Å². The summed E-state index contributed by atoms with van der Waals surface area (Å²) in [5.41, 5.74) is 0.406. The van der Waals surface area contributed by atoms with Crippen LogP contribution in [0.25, 0.3) is 0 Å². The Balaban J connectivity index is 1.66. The number of rotatable bonds is 3. The second kappa shape index (κ2) is 4.25. The molecular formula is C13H22N2O2. The summed E-state index contributed by atoms with van der Waals surface area (Å²) in [6.07, 6.45) is 3.90. The molecule has 1 N–H and O–H groups in total. The Bertz CT molecular complexity index is 311. The molecule has 2 aliphatic heterocycles. The van der Waals surface area contributed by atoms with E-state index >= 15 is 0 Å². The fraction of sp³-hybridized carbons (Fsp3) is 0.923. The van der Waals surface area contributed by atoms with Crippen LogP contribution in [0.3, 0.4) is 0 Å². The highest BCUT2D eigenvalue weighted by molar-refractivity contribution is 5.80. The van der Waals surface area contributed by atoms with E-state index in [4.69, 9.17) is 4.74 Å². The number of methoxy groups -OCH3 is 1. The smallest absolute Gasteiger partial charge is 0.228 e. The van der Waals surface area contributed by atoms with Crippen LogP contribution in [0.1, 0.15) is 19.3 Å². The van der Waals surface area contributed by atoms with E-state index in [1.165, 1.54) is 19.3 Å². The van der Waals surface area contributed by atoms with Gasteiger partial charge in [-0.3, -0.25) is 4.79 Å². The fourth-order valence-electron chi connectivity index (χ4n) is 3.55. The normalized spacial score (nSPS) is 31.4. The molecule has 0 radical (unpaired) electrons. The van der Waals surface area contributed by atoms with Crippen molar-refractivity contribution in [1.82, 2.24) is 10.2 Å². The van der Waals surface area contributed by atoms with Gasteiger partial charge in [0, 0.05) is 39.2 Å². The fourth-order valence-corrected chi connectivity index (χ4v) is 3.55. The third-order valence-electron chi connectivity index (χ3n) is 4.97. The highest BCUT2D eigenvalue weighted by Crippen LogP contribution is 2.51. The average molecular weight is 238 g/mol. The lowest BCUT2D eigenvalue weighted by molar-refractivity contribution is -0.136. The van der Waals surface area contributed by atoms with Gasteiger partial charge in [0.15, 0.2) is 0 Å². The standard InChI is InChI=1S/C13H22N2O2/c1-17-8-11-7-15(9-13(11)3-2-4-13)12(16)10-5-14-6-10/h10-11,14H,2-9H2,1H3/t11-/m0/s1. The van der Waals surface area contributed by atoms with E-state index in [0.717, 1.165) is 32.8 Å². The second-order valence-corrected chi connectivity index (χ2v) is 5.94. The molecule has 0 aromatic carbocycles. The maximum Gasteiger partial charge on any atom is 0.228 e. The average Bonchev–Trinajstić information content (AvgIpc) is 2.55. The van der Waals surface area contributed by atoms with Crippen molar-refractivity contribution >= 4 is 5.91 Å². The Morgan fingerprint density at radius 3 is 2.71 bits per heavy atom. The van der Waals surface area contributed by atoms with Gasteiger partial charge in [-0.05, 0) is 18.3 Å². The molecule has 1 aliphatic carbocycles. The maximum atomic E-state index is 12.3. The first kappa shape index (κ1) is 11.5. The van der Waals surface area contributed by atoms with Gasteiger partial charge in [0.05, 0.1) is 12.5 Å². The Morgan fingerprint density at radius 2 is 2.24 bits per heavy atom. The minimum Gasteiger partial charge on any atom is -0.384 e. The van der Waals surface area contributed by atoms with Crippen LogP contribution in [-0.2, 0) is 9.53 Å². The lowest BCUT2D eigenvalue weighted by Gasteiger charge is -2.42. The number of nitrogens with one attached hydrogen (secondary N) is 1. The summed E-state index contributed by atoms with van der Waals surface area (Å²) < 4.78 is 5.34. The van der Waals surface area contributed by atoms with Gasteiger partial charge in [0.2, 0.25) is 5.91 Å². The number of carbonyl (C=O) groups is 1. The zero-order valence-electron chi connectivity index (χ0n) is 10.6. The van der Waals surface area contributed by atoms with Crippen molar-refractivity contribution in [2.45, 2.75) is 19.3 Å². The highest BCUT2D eigenvalue weighted by Gasteiger charge is 2.52. The van der Waals surface area contributed by atoms with Gasteiger partial charge in [-0.25, -0.2) is 0 Å². The van der Waals surface area contributed by atoms with Crippen LogP contribution in [0.2, 0.25) is 0 Å². The van der Waals surface area contributed by atoms with Crippen molar-refractivity contribution in [3.8, 4) is 0 Å². The molecule has 1 spiro atoms. The molecule has 1 amide bonds. The Hall–Kier alpha value is -0.610. The molecule has 0 aromatic heterocycles. The molecule has 0 bridgehead atoms. The van der Waals surface area contributed by atoms with Crippen LogP contribution in [0.4, 0.5) is 0 Å². The largest absolute Gasteiger partial charge is 0.384 e. The van der Waals surface area contributed by atoms with Crippen molar-refractivity contribution in [1.29, 1.82) is 0 Å². The van der Waals surface area contributed by atoms with Gasteiger partial charge < -0.3 is 15.0 Å². The van der Waals surface area contributed by atoms with Crippen LogP contribution in [-0.4, -0.2) is 50.7 Å². The van der Waals surface area contributed by atoms with E-state index in [-0.39, 0.29) is 5.92 Å². The number of amides is 1. The van der Waals surface area contributed by atoms with Crippen molar-refractivity contribution in [2.75, 3.05) is 39.9 Å². The third-order valence-corrected chi connectivity index (χ3v) is 4.97. The zero-order chi connectivity index (χ0) is 11.9. The number of carbonyl (C=O) groups excluding carboxylic acids is 1. The number of ether oxygens (including phenoxy) is 1. The van der Waals surface area contributed by atoms with Gasteiger partial charge >= 0.3 is 0 Å². The Morgan fingerprint density at radius 1 is 1.47 bits per heavy atom. The summed E-state index contributed by atoms with van der Waals surface area (Å²) in [5.74, 6) is 1.18. The molecule has 96 valence electrons. The molecule has 1 saturated carbocycles. The van der Waals surface area contributed by atoms with Gasteiger partial charge in [-0.1, -0.05) is 6.42 Å². The third kappa shape index (κ3) is 1.78. The van der Waals surface area contributed by atoms with E-state index < -0.39 is 0 Å². The molecule has 1 atom stereocenters. The predicted molar refractivity (Wildman–Crippen MR) is 64.6 cm³/mol. The quantitative estimate of drug-likeness (QED) is 0.777. The van der Waals surface area contributed by atoms with Crippen molar-refractivity contribution < 1.29 is 9.53 Å². The van der Waals surface area contributed by atoms with Crippen molar-refractivity contribution in [3.63, 3.8) is 0 Å². The minimum absolute atomic E-state index is 0.244. The first-order chi connectivity index (χ1) is 8.25. The van der Waals surface area contributed by atoms with Crippen LogP contribution >= 0.6 is 0 Å². The van der Waals surface area contributed by atoms with E-state index in [9.17, 15) is 4.79 Å². The molecule has 4 heteroatoms. The number of hydrogen-bond acceptors (Lipinski definition) is 3. The molecule has 0 aromatic rings. The first-order valence-electron chi connectivity index (χ1n) is 6.74. The van der Waals surface area contributed by atoms with Crippen LogP contribution < -0.4 is 5.32 Å². The lowest BCUT2D eigenvalue weighted by atomic mass is 9.63. The summed E-state index contributed by atoms with van der Waals surface area (Å²) in [5, 5.41) is 3.18. The van der Waals surface area contributed by atoms with Crippen LogP contribution in [0, 0.1) is 17.3 Å². The minimum atomic E-state index is 0.244. The summed E-state index contributed by atoms with van der Waals surface area (Å²) in [6, 6.07) is 0. The van der Waals surface area contributed by atoms with E-state index in [0.29, 0.717) is 17.2 Å². The molecular weight excluding hydrogens is 216 g/mol. The summed E-state index contributed by atoms with van der Waals surface area (Å²) in [7, 11) is 1.77. The molecule has 3 aliphatic rings. The Kier molecular flexibility index (Phi) is 2.87. The molecule has 4 nitrogen and oxygen atoms in total. The first-order valence-corrected chi connectivity index (χ1v) is 6.74. The Labute approximate surface area is 103 Å². The molecule has 17 heavy (non-hydrogen) atoms. The van der Waals surface area contributed by atoms with Gasteiger partial charge in [0.1, 0.15) is 0 Å². The summed E-state index contributed by atoms with van der Waals surface area (Å²) in [4.78, 5) is 14.4. The number of likely N-dealkylation sites (tertiary alicyclic amines) is 1. The van der Waals surface area contributed by atoms with Gasteiger partial charge in [-0.15, -0.1) is 0 Å². The highest BCUT2D eigenvalue weighted by atomic mass is 16.5. The van der Waals surface area contributed by atoms with Crippen LogP contribution in [0.15, 0.2) is 0 Å². The monoisotopic (exact) mass is 238 g/mol. The lowest BCUT2D eigenvalue weighted by Crippen LogP contribution is -2.52. The predicted octanol–water partition coefficient (Wildman–Crippen LogP) is 0.481. The van der Waals surface area contributed by atoms with E-state index in [1.54, 1.807) is 7.11 Å². The maximum absolute atomic E-state index is 12.3. The zero-order valence-corrected chi connectivity index (χ0v) is 10.6. The molecule has 3 fully saturated rings. The summed E-state index contributed by atoms with van der Waals surface area (Å²) in [6.45, 7) is 4.46. The van der Waals surface area contributed by atoms with Crippen molar-refractivity contribution in [2.24, 2.45) is 17.3 Å². The van der Waals surface area contributed by atoms with E-state index in [1.807, 2.05) is 0 Å². The number of nitrogens with zero attached hydrogens (tertiary/aromatic N) is 1. The second-order valence-electron chi connectivity index (χ2n) is 5.94. The van der Waals surface area contributed by atoms with E-state index in [2.05, 4.69) is 10.2 Å². The van der Waals surface area contributed by atoms with Gasteiger partial charge in [0.25, 0.3) is 0 Å². The molecule has 3 rings (SSSR count). The molecule has 2 heterocycles. The molecule has 0 unspecified atom stereocenters. The summed E-state index contributed by atoms with van der Waals surface area (Å²) >= 11 is 0.